The molecular weight excluding hydrogens is 317 g/mol. The number of rotatable bonds is 4. The number of nitrogens with one attached hydrogen (secondary N) is 1. The van der Waals surface area contributed by atoms with Gasteiger partial charge in [0.05, 0.1) is 16.4 Å². The van der Waals surface area contributed by atoms with Crippen LogP contribution in [-0.4, -0.2) is 16.4 Å². The van der Waals surface area contributed by atoms with Crippen molar-refractivity contribution in [2.75, 3.05) is 11.2 Å². The average Bonchev–Trinajstić information content (AvgIpc) is 2.87. The van der Waals surface area contributed by atoms with E-state index in [1.807, 2.05) is 17.5 Å². The van der Waals surface area contributed by atoms with Crippen LogP contribution >= 0.6 is 35.0 Å². The summed E-state index contributed by atoms with van der Waals surface area (Å²) in [5, 5.41) is 14.8. The number of halogens is 2. The highest BCUT2D eigenvalue weighted by molar-refractivity contribution is 8.03. The molecule has 1 amide bonds. The molecule has 2 rings (SSSR count). The van der Waals surface area contributed by atoms with Crippen LogP contribution < -0.4 is 5.32 Å². The van der Waals surface area contributed by atoms with E-state index in [2.05, 4.69) is 5.32 Å². The van der Waals surface area contributed by atoms with E-state index in [0.717, 1.165) is 22.5 Å². The zero-order valence-electron chi connectivity index (χ0n) is 10.1. The predicted octanol–water partition coefficient (Wildman–Crippen LogP) is 3.88. The molecule has 0 unspecified atom stereocenters. The van der Waals surface area contributed by atoms with Crippen molar-refractivity contribution in [3.63, 3.8) is 0 Å². The maximum atomic E-state index is 11.5. The molecule has 2 aromatic rings. The monoisotopic (exact) mass is 325 g/mol. The van der Waals surface area contributed by atoms with Crippen molar-refractivity contribution in [3.8, 4) is 11.1 Å². The Morgan fingerprint density at radius 3 is 2.95 bits per heavy atom. The molecule has 1 N–H and O–H groups in total. The number of nitriles is 1. The highest BCUT2D eigenvalue weighted by Gasteiger charge is 2.11. The number of thioether (sulfide) groups is 1. The molecule has 0 radical (unpaired) electrons. The topological polar surface area (TPSA) is 57.8 Å². The molecular formula is C13H9Cl2N3OS. The van der Waals surface area contributed by atoms with E-state index in [9.17, 15) is 4.79 Å². The van der Waals surface area contributed by atoms with Crippen LogP contribution in [0.3, 0.4) is 0 Å². The van der Waals surface area contributed by atoms with Crippen molar-refractivity contribution in [1.29, 1.82) is 5.26 Å². The average molecular weight is 326 g/mol. The number of thiocyanates is 1. The molecule has 0 atom stereocenters. The van der Waals surface area contributed by atoms with Crippen LogP contribution in [0.15, 0.2) is 41.6 Å². The lowest BCUT2D eigenvalue weighted by Crippen LogP contribution is -2.14. The number of anilines is 1. The Hall–Kier alpha value is -1.61. The number of carbonyl (C=O) groups excluding carboxylic acids is 1. The molecule has 0 saturated carbocycles. The molecule has 102 valence electrons. The largest absolute Gasteiger partial charge is 0.323 e. The molecule has 0 saturated heterocycles. The SMILES string of the molecule is N#CSc1cccn1-c1ccc(Cl)cc1NC(=O)CCl. The second kappa shape index (κ2) is 6.71. The lowest BCUT2D eigenvalue weighted by Gasteiger charge is -2.13. The summed E-state index contributed by atoms with van der Waals surface area (Å²) in [6.07, 6.45) is 1.80. The van der Waals surface area contributed by atoms with Crippen LogP contribution in [0.2, 0.25) is 5.02 Å². The quantitative estimate of drug-likeness (QED) is 0.527. The number of amides is 1. The number of benzene rings is 1. The summed E-state index contributed by atoms with van der Waals surface area (Å²) < 4.78 is 1.80. The second-order valence-electron chi connectivity index (χ2n) is 3.75. The Kier molecular flexibility index (Phi) is 4.96. The van der Waals surface area contributed by atoms with Crippen LogP contribution in [0, 0.1) is 10.7 Å². The highest BCUT2D eigenvalue weighted by Crippen LogP contribution is 2.29. The summed E-state index contributed by atoms with van der Waals surface area (Å²) in [6, 6.07) is 8.76. The summed E-state index contributed by atoms with van der Waals surface area (Å²) in [5.41, 5.74) is 1.26. The molecule has 20 heavy (non-hydrogen) atoms. The number of hydrogen-bond acceptors (Lipinski definition) is 3. The van der Waals surface area contributed by atoms with Gasteiger partial charge in [-0.15, -0.1) is 11.6 Å². The summed E-state index contributed by atoms with van der Waals surface area (Å²) in [4.78, 5) is 11.5. The van der Waals surface area contributed by atoms with E-state index in [4.69, 9.17) is 28.5 Å². The van der Waals surface area contributed by atoms with Crippen molar-refractivity contribution in [3.05, 3.63) is 41.6 Å². The third-order valence-corrected chi connectivity index (χ3v) is 3.59. The van der Waals surface area contributed by atoms with Crippen molar-refractivity contribution in [1.82, 2.24) is 4.57 Å². The van der Waals surface area contributed by atoms with Gasteiger partial charge in [0.2, 0.25) is 5.91 Å². The summed E-state index contributed by atoms with van der Waals surface area (Å²) in [6.45, 7) is 0. The first-order chi connectivity index (χ1) is 9.65. The molecule has 7 heteroatoms. The van der Waals surface area contributed by atoms with E-state index < -0.39 is 0 Å². The van der Waals surface area contributed by atoms with Crippen LogP contribution in [0.25, 0.3) is 5.69 Å². The Balaban J connectivity index is 2.47. The molecule has 0 spiro atoms. The normalized spacial score (nSPS) is 10.1. The molecule has 0 fully saturated rings. The highest BCUT2D eigenvalue weighted by atomic mass is 35.5. The van der Waals surface area contributed by atoms with E-state index in [0.29, 0.717) is 10.7 Å². The molecule has 0 aliphatic carbocycles. The molecule has 1 heterocycles. The molecule has 0 aliphatic heterocycles. The van der Waals surface area contributed by atoms with Gasteiger partial charge < -0.3 is 9.88 Å². The van der Waals surface area contributed by atoms with Crippen LogP contribution in [-0.2, 0) is 4.79 Å². The first kappa shape index (κ1) is 14.8. The Bertz CT molecular complexity index is 678. The minimum atomic E-state index is -0.322. The van der Waals surface area contributed by atoms with Gasteiger partial charge in [0.25, 0.3) is 0 Å². The Morgan fingerprint density at radius 2 is 2.25 bits per heavy atom. The molecule has 4 nitrogen and oxygen atoms in total. The van der Waals surface area contributed by atoms with Gasteiger partial charge >= 0.3 is 0 Å². The van der Waals surface area contributed by atoms with E-state index in [1.165, 1.54) is 0 Å². The standard InChI is InChI=1S/C13H9Cl2N3OS/c14-7-12(19)17-10-6-9(15)3-4-11(10)18-5-1-2-13(18)20-8-16/h1-6H,7H2,(H,17,19). The number of hydrogen-bond donors (Lipinski definition) is 1. The van der Waals surface area contributed by atoms with E-state index in [-0.39, 0.29) is 11.8 Å². The maximum absolute atomic E-state index is 11.5. The molecule has 0 bridgehead atoms. The summed E-state index contributed by atoms with van der Waals surface area (Å²) in [7, 11) is 0. The fourth-order valence-corrected chi connectivity index (χ4v) is 2.43. The smallest absolute Gasteiger partial charge is 0.239 e. The Labute approximate surface area is 130 Å². The fraction of sp³-hybridized carbons (Fsp3) is 0.0769. The third-order valence-electron chi connectivity index (χ3n) is 2.48. The van der Waals surface area contributed by atoms with E-state index >= 15 is 0 Å². The van der Waals surface area contributed by atoms with Crippen molar-refractivity contribution in [2.24, 2.45) is 0 Å². The molecule has 1 aromatic heterocycles. The van der Waals surface area contributed by atoms with Crippen LogP contribution in [0.4, 0.5) is 5.69 Å². The van der Waals surface area contributed by atoms with E-state index in [1.54, 1.807) is 29.0 Å². The van der Waals surface area contributed by atoms with Gasteiger partial charge in [-0.3, -0.25) is 4.79 Å². The van der Waals surface area contributed by atoms with Crippen molar-refractivity contribution in [2.45, 2.75) is 5.03 Å². The Morgan fingerprint density at radius 1 is 1.45 bits per heavy atom. The van der Waals surface area contributed by atoms with Crippen LogP contribution in [0.1, 0.15) is 0 Å². The number of alkyl halides is 1. The molecule has 1 aromatic carbocycles. The fourth-order valence-electron chi connectivity index (χ4n) is 1.70. The predicted molar refractivity (Wildman–Crippen MR) is 81.6 cm³/mol. The number of carbonyl (C=O) groups is 1. The van der Waals surface area contributed by atoms with Gasteiger partial charge in [-0.1, -0.05) is 11.6 Å². The minimum absolute atomic E-state index is 0.141. The zero-order chi connectivity index (χ0) is 14.5. The summed E-state index contributed by atoms with van der Waals surface area (Å²) in [5.74, 6) is -0.464. The third kappa shape index (κ3) is 3.28. The maximum Gasteiger partial charge on any atom is 0.239 e. The first-order valence-electron chi connectivity index (χ1n) is 5.54. The van der Waals surface area contributed by atoms with Gasteiger partial charge in [0, 0.05) is 23.0 Å². The number of aromatic nitrogens is 1. The van der Waals surface area contributed by atoms with Crippen molar-refractivity contribution < 1.29 is 4.79 Å². The first-order valence-corrected chi connectivity index (χ1v) is 7.27. The van der Waals surface area contributed by atoms with Crippen LogP contribution in [0.5, 0.6) is 0 Å². The van der Waals surface area contributed by atoms with Gasteiger partial charge in [-0.25, -0.2) is 0 Å². The number of nitrogens with zero attached hydrogens (tertiary/aromatic N) is 2. The van der Waals surface area contributed by atoms with Gasteiger partial charge in [-0.05, 0) is 30.3 Å². The lowest BCUT2D eigenvalue weighted by atomic mass is 10.2. The second-order valence-corrected chi connectivity index (χ2v) is 5.26. The molecule has 0 aliphatic rings. The zero-order valence-corrected chi connectivity index (χ0v) is 12.5. The lowest BCUT2D eigenvalue weighted by molar-refractivity contribution is -0.113. The van der Waals surface area contributed by atoms with Gasteiger partial charge in [-0.2, -0.15) is 5.26 Å². The minimum Gasteiger partial charge on any atom is -0.323 e. The van der Waals surface area contributed by atoms with Crippen molar-refractivity contribution >= 4 is 46.6 Å². The summed E-state index contributed by atoms with van der Waals surface area (Å²) >= 11 is 12.5. The van der Waals surface area contributed by atoms with Gasteiger partial charge in [0.1, 0.15) is 11.3 Å². The van der Waals surface area contributed by atoms with Gasteiger partial charge in [0.15, 0.2) is 0 Å².